The summed E-state index contributed by atoms with van der Waals surface area (Å²) >= 11 is 3.32. The zero-order valence-electron chi connectivity index (χ0n) is 16.1. The maximum Gasteiger partial charge on any atom is 0.263 e. The minimum absolute atomic E-state index is 0.129. The highest BCUT2D eigenvalue weighted by Gasteiger charge is 2.24. The second kappa shape index (κ2) is 8.26. The van der Waals surface area contributed by atoms with Crippen LogP contribution in [-0.2, 0) is 24.2 Å². The van der Waals surface area contributed by atoms with E-state index in [2.05, 4.69) is 20.8 Å². The van der Waals surface area contributed by atoms with Gasteiger partial charge in [0.15, 0.2) is 5.16 Å². The van der Waals surface area contributed by atoms with Crippen molar-refractivity contribution in [3.63, 3.8) is 0 Å². The van der Waals surface area contributed by atoms with Gasteiger partial charge in [0.1, 0.15) is 10.6 Å². The maximum atomic E-state index is 13.3. The number of carbonyl (C=O) groups is 1. The Morgan fingerprint density at radius 2 is 2.19 bits per heavy atom. The Morgan fingerprint density at radius 1 is 1.42 bits per heavy atom. The lowest BCUT2D eigenvalue weighted by atomic mass is 9.89. The molecule has 0 aliphatic heterocycles. The number of thioether (sulfide) groups is 1. The number of Topliss-reactive ketones (excluding diaryl/α,β-unsaturated/α-hetero) is 1. The number of hydrogen-bond donors (Lipinski definition) is 0. The number of carbonyl (C=O) groups excluding carboxylic acids is 1. The molecule has 0 saturated carbocycles. The van der Waals surface area contributed by atoms with E-state index in [0.717, 1.165) is 46.8 Å². The molecule has 1 aliphatic carbocycles. The van der Waals surface area contributed by atoms with Gasteiger partial charge in [-0.2, -0.15) is 0 Å². The van der Waals surface area contributed by atoms with Crippen LogP contribution in [0.3, 0.4) is 0 Å². The van der Waals surface area contributed by atoms with Crippen LogP contribution in [0.2, 0.25) is 0 Å². The SMILES string of the molecule is CC(=O)CCCSc1nc2sc3c(c2c(=O)n1CC(C)C)CCC(C)C3. The smallest absolute Gasteiger partial charge is 0.263 e. The molecule has 0 N–H and O–H groups in total. The molecule has 142 valence electrons. The molecule has 2 heterocycles. The predicted octanol–water partition coefficient (Wildman–Crippen LogP) is 4.70. The summed E-state index contributed by atoms with van der Waals surface area (Å²) in [5, 5.41) is 1.68. The van der Waals surface area contributed by atoms with Crippen molar-refractivity contribution >= 4 is 39.1 Å². The Hall–Kier alpha value is -1.14. The summed E-state index contributed by atoms with van der Waals surface area (Å²) in [6.07, 6.45) is 4.65. The van der Waals surface area contributed by atoms with Gasteiger partial charge in [0.2, 0.25) is 0 Å². The first-order valence-electron chi connectivity index (χ1n) is 9.54. The van der Waals surface area contributed by atoms with E-state index in [4.69, 9.17) is 4.98 Å². The van der Waals surface area contributed by atoms with E-state index in [-0.39, 0.29) is 11.3 Å². The first-order valence-corrected chi connectivity index (χ1v) is 11.3. The van der Waals surface area contributed by atoms with Crippen LogP contribution in [0.5, 0.6) is 0 Å². The number of fused-ring (bicyclic) bond motifs is 3. The highest BCUT2D eigenvalue weighted by atomic mass is 32.2. The quantitative estimate of drug-likeness (QED) is 0.389. The molecule has 1 aliphatic rings. The standard InChI is InChI=1S/C20H28N2O2S2/c1-12(2)11-22-19(24)17-15-8-7-13(3)10-16(15)26-18(17)21-20(22)25-9-5-6-14(4)23/h12-13H,5-11H2,1-4H3. The fourth-order valence-corrected chi connectivity index (χ4v) is 5.90. The molecule has 1 atom stereocenters. The van der Waals surface area contributed by atoms with Crippen LogP contribution < -0.4 is 5.56 Å². The molecule has 0 aromatic carbocycles. The highest BCUT2D eigenvalue weighted by Crippen LogP contribution is 2.36. The Kier molecular flexibility index (Phi) is 6.23. The van der Waals surface area contributed by atoms with Gasteiger partial charge in [0.05, 0.1) is 5.39 Å². The molecule has 2 aromatic rings. The van der Waals surface area contributed by atoms with Gasteiger partial charge in [-0.3, -0.25) is 9.36 Å². The van der Waals surface area contributed by atoms with Crippen LogP contribution in [0.25, 0.3) is 10.2 Å². The molecule has 0 radical (unpaired) electrons. The maximum absolute atomic E-state index is 13.3. The molecule has 26 heavy (non-hydrogen) atoms. The number of aromatic nitrogens is 2. The average Bonchev–Trinajstić information content (AvgIpc) is 2.91. The average molecular weight is 393 g/mol. The minimum Gasteiger partial charge on any atom is -0.300 e. The van der Waals surface area contributed by atoms with E-state index in [1.807, 2.05) is 4.57 Å². The van der Waals surface area contributed by atoms with Crippen LogP contribution in [0.4, 0.5) is 0 Å². The van der Waals surface area contributed by atoms with Gasteiger partial charge >= 0.3 is 0 Å². The fourth-order valence-electron chi connectivity index (χ4n) is 3.53. The van der Waals surface area contributed by atoms with E-state index >= 15 is 0 Å². The summed E-state index contributed by atoms with van der Waals surface area (Å²) in [6.45, 7) is 8.87. The van der Waals surface area contributed by atoms with Gasteiger partial charge in [-0.15, -0.1) is 11.3 Å². The molecule has 3 rings (SSSR count). The van der Waals surface area contributed by atoms with Crippen molar-refractivity contribution in [2.75, 3.05) is 5.75 Å². The summed E-state index contributed by atoms with van der Waals surface area (Å²) < 4.78 is 1.87. The first kappa shape index (κ1) is 19.6. The molecule has 4 nitrogen and oxygen atoms in total. The molecule has 0 fully saturated rings. The van der Waals surface area contributed by atoms with Gasteiger partial charge in [0.25, 0.3) is 5.56 Å². The largest absolute Gasteiger partial charge is 0.300 e. The van der Waals surface area contributed by atoms with E-state index in [1.54, 1.807) is 30.0 Å². The molecule has 6 heteroatoms. The highest BCUT2D eigenvalue weighted by molar-refractivity contribution is 7.99. The number of nitrogens with zero attached hydrogens (tertiary/aromatic N) is 2. The molecule has 0 amide bonds. The summed E-state index contributed by atoms with van der Waals surface area (Å²) in [7, 11) is 0. The molecule has 0 bridgehead atoms. The minimum atomic E-state index is 0.129. The molecular formula is C20H28N2O2S2. The monoisotopic (exact) mass is 392 g/mol. The lowest BCUT2D eigenvalue weighted by Gasteiger charge is -2.18. The van der Waals surface area contributed by atoms with Gasteiger partial charge in [0, 0.05) is 23.6 Å². The number of rotatable bonds is 7. The zero-order valence-corrected chi connectivity index (χ0v) is 17.8. The summed E-state index contributed by atoms with van der Waals surface area (Å²) in [4.78, 5) is 31.6. The van der Waals surface area contributed by atoms with Crippen LogP contribution >= 0.6 is 23.1 Å². The molecule has 2 aromatic heterocycles. The number of ketones is 1. The molecule has 1 unspecified atom stereocenters. The van der Waals surface area contributed by atoms with Crippen molar-refractivity contribution in [1.82, 2.24) is 9.55 Å². The second-order valence-electron chi connectivity index (χ2n) is 7.89. The topological polar surface area (TPSA) is 52.0 Å². The van der Waals surface area contributed by atoms with Crippen molar-refractivity contribution in [3.8, 4) is 0 Å². The third-order valence-corrected chi connectivity index (χ3v) is 7.04. The van der Waals surface area contributed by atoms with E-state index in [1.165, 1.54) is 10.4 Å². The predicted molar refractivity (Wildman–Crippen MR) is 111 cm³/mol. The summed E-state index contributed by atoms with van der Waals surface area (Å²) in [6, 6.07) is 0. The van der Waals surface area contributed by atoms with Crippen molar-refractivity contribution in [1.29, 1.82) is 0 Å². The van der Waals surface area contributed by atoms with Crippen LogP contribution in [0.1, 0.15) is 57.4 Å². The van der Waals surface area contributed by atoms with Crippen LogP contribution in [0.15, 0.2) is 9.95 Å². The second-order valence-corrected chi connectivity index (χ2v) is 10.0. The van der Waals surface area contributed by atoms with Gasteiger partial charge < -0.3 is 4.79 Å². The molecule has 0 saturated heterocycles. The van der Waals surface area contributed by atoms with Gasteiger partial charge in [-0.1, -0.05) is 32.5 Å². The third kappa shape index (κ3) is 4.22. The molecule has 0 spiro atoms. The summed E-state index contributed by atoms with van der Waals surface area (Å²) in [5.74, 6) is 2.11. The van der Waals surface area contributed by atoms with E-state index in [0.29, 0.717) is 24.8 Å². The number of hydrogen-bond acceptors (Lipinski definition) is 5. The fraction of sp³-hybridized carbons (Fsp3) is 0.650. The van der Waals surface area contributed by atoms with Gasteiger partial charge in [-0.25, -0.2) is 4.98 Å². The van der Waals surface area contributed by atoms with Crippen molar-refractivity contribution in [2.24, 2.45) is 11.8 Å². The third-order valence-electron chi connectivity index (χ3n) is 4.83. The summed E-state index contributed by atoms with van der Waals surface area (Å²) in [5.41, 5.74) is 1.39. The zero-order chi connectivity index (χ0) is 18.8. The van der Waals surface area contributed by atoms with E-state index in [9.17, 15) is 9.59 Å². The van der Waals surface area contributed by atoms with E-state index < -0.39 is 0 Å². The van der Waals surface area contributed by atoms with Crippen molar-refractivity contribution in [3.05, 3.63) is 20.8 Å². The lowest BCUT2D eigenvalue weighted by molar-refractivity contribution is -0.117. The Morgan fingerprint density at radius 3 is 2.88 bits per heavy atom. The van der Waals surface area contributed by atoms with Crippen molar-refractivity contribution in [2.45, 2.75) is 71.5 Å². The van der Waals surface area contributed by atoms with Gasteiger partial charge in [-0.05, 0) is 50.0 Å². The van der Waals surface area contributed by atoms with Crippen molar-refractivity contribution < 1.29 is 4.79 Å². The number of aryl methyl sites for hydroxylation is 1. The molecular weight excluding hydrogens is 364 g/mol. The lowest BCUT2D eigenvalue weighted by Crippen LogP contribution is -2.26. The number of thiophene rings is 1. The van der Waals surface area contributed by atoms with Crippen LogP contribution in [0, 0.1) is 11.8 Å². The normalized spacial score (nSPS) is 17.0. The van der Waals surface area contributed by atoms with Crippen LogP contribution in [-0.4, -0.2) is 21.1 Å². The Labute approximate surface area is 163 Å². The first-order chi connectivity index (χ1) is 12.4. The Bertz CT molecular complexity index is 867. The Balaban J connectivity index is 2.00.